The fraction of sp³-hybridized carbons (Fsp3) is 0.231. The minimum Gasteiger partial charge on any atom is -0.479 e. The Labute approximate surface area is 189 Å². The summed E-state index contributed by atoms with van der Waals surface area (Å²) in [5.41, 5.74) is 1.11. The predicted octanol–water partition coefficient (Wildman–Crippen LogP) is 3.83. The van der Waals surface area contributed by atoms with E-state index in [1.807, 2.05) is 30.3 Å². The molecule has 1 aliphatic rings. The summed E-state index contributed by atoms with van der Waals surface area (Å²) < 4.78 is 1.73. The Morgan fingerprint density at radius 1 is 0.970 bits per heavy atom. The maximum Gasteiger partial charge on any atom is 0.330 e. The molecule has 1 atom stereocenters. The second kappa shape index (κ2) is 8.50. The number of fused-ring (bicyclic) bond motifs is 3. The van der Waals surface area contributed by atoms with E-state index in [-0.39, 0.29) is 11.1 Å². The van der Waals surface area contributed by atoms with E-state index in [0.717, 1.165) is 42.3 Å². The molecule has 166 valence electrons. The first-order valence-corrected chi connectivity index (χ1v) is 11.1. The number of nitrogens with zero attached hydrogens (tertiary/aromatic N) is 2. The highest BCUT2D eigenvalue weighted by Gasteiger charge is 2.24. The Morgan fingerprint density at radius 2 is 1.79 bits per heavy atom. The number of carbonyl (C=O) groups excluding carboxylic acids is 1. The maximum absolute atomic E-state index is 13.0. The lowest BCUT2D eigenvalue weighted by Crippen LogP contribution is -2.33. The quantitative estimate of drug-likeness (QED) is 0.501. The normalized spacial score (nSPS) is 14.4. The van der Waals surface area contributed by atoms with E-state index in [1.54, 1.807) is 34.9 Å². The zero-order valence-corrected chi connectivity index (χ0v) is 18.0. The third-order valence-electron chi connectivity index (χ3n) is 6.21. The Morgan fingerprint density at radius 3 is 2.61 bits per heavy atom. The van der Waals surface area contributed by atoms with E-state index in [0.29, 0.717) is 23.0 Å². The van der Waals surface area contributed by atoms with Crippen molar-refractivity contribution in [3.8, 4) is 0 Å². The molecule has 1 amide bonds. The molecule has 2 N–H and O–H groups in total. The highest BCUT2D eigenvalue weighted by atomic mass is 16.4. The smallest absolute Gasteiger partial charge is 0.330 e. The van der Waals surface area contributed by atoms with Crippen LogP contribution in [0.2, 0.25) is 0 Å². The molecule has 0 saturated carbocycles. The topological polar surface area (TPSA) is 101 Å². The predicted molar refractivity (Wildman–Crippen MR) is 125 cm³/mol. The monoisotopic (exact) mass is 441 g/mol. The van der Waals surface area contributed by atoms with Crippen molar-refractivity contribution in [1.82, 2.24) is 14.9 Å². The summed E-state index contributed by atoms with van der Waals surface area (Å²) >= 11 is 0. The molecule has 1 aliphatic heterocycles. The van der Waals surface area contributed by atoms with Crippen molar-refractivity contribution < 1.29 is 14.7 Å². The molecule has 33 heavy (non-hydrogen) atoms. The molecule has 0 aliphatic carbocycles. The van der Waals surface area contributed by atoms with Gasteiger partial charge in [-0.2, -0.15) is 0 Å². The molecule has 2 heterocycles. The van der Waals surface area contributed by atoms with Crippen molar-refractivity contribution in [3.63, 3.8) is 0 Å². The number of amides is 1. The van der Waals surface area contributed by atoms with Gasteiger partial charge in [0.25, 0.3) is 11.5 Å². The third kappa shape index (κ3) is 3.98. The van der Waals surface area contributed by atoms with Crippen LogP contribution < -0.4 is 10.9 Å². The first-order chi connectivity index (χ1) is 16.0. The van der Waals surface area contributed by atoms with E-state index >= 15 is 0 Å². The number of aryl methyl sites for hydroxylation is 1. The van der Waals surface area contributed by atoms with Crippen LogP contribution in [0.4, 0.5) is 0 Å². The Balaban J connectivity index is 1.47. The Bertz CT molecular complexity index is 1460. The lowest BCUT2D eigenvalue weighted by atomic mass is 10.0. The van der Waals surface area contributed by atoms with Gasteiger partial charge >= 0.3 is 5.97 Å². The van der Waals surface area contributed by atoms with Crippen LogP contribution in [0.25, 0.3) is 21.7 Å². The molecular weight excluding hydrogens is 418 g/mol. The number of carboxylic acid groups (broad SMARTS) is 1. The van der Waals surface area contributed by atoms with Crippen LogP contribution in [0.1, 0.15) is 47.1 Å². The molecule has 0 spiro atoms. The average Bonchev–Trinajstić information content (AvgIpc) is 3.07. The van der Waals surface area contributed by atoms with Crippen LogP contribution >= 0.6 is 0 Å². The fourth-order valence-electron chi connectivity index (χ4n) is 4.45. The third-order valence-corrected chi connectivity index (χ3v) is 6.21. The van der Waals surface area contributed by atoms with Crippen LogP contribution in [0.3, 0.4) is 0 Å². The van der Waals surface area contributed by atoms with Crippen molar-refractivity contribution in [2.45, 2.75) is 38.3 Å². The standard InChI is InChI=1S/C26H23N3O4/c30-24(28-23(26(32)33)18-10-9-16-6-3-4-7-17(16)14-18)19-11-12-20-21(15-19)27-22-8-2-1-5-13-29(22)25(20)31/h3-4,6-7,9-12,14-15,23H,1-2,5,8,13H2,(H,28,30)(H,32,33). The molecule has 7 nitrogen and oxygen atoms in total. The molecule has 4 aromatic rings. The van der Waals surface area contributed by atoms with Gasteiger partial charge in [-0.3, -0.25) is 14.2 Å². The number of rotatable bonds is 4. The second-order valence-corrected chi connectivity index (χ2v) is 8.38. The fourth-order valence-corrected chi connectivity index (χ4v) is 4.45. The molecule has 7 heteroatoms. The van der Waals surface area contributed by atoms with Gasteiger partial charge in [0.2, 0.25) is 0 Å². The first-order valence-electron chi connectivity index (χ1n) is 11.1. The van der Waals surface area contributed by atoms with Crippen molar-refractivity contribution in [2.75, 3.05) is 0 Å². The molecule has 0 radical (unpaired) electrons. The SMILES string of the molecule is O=C(NC(C(=O)O)c1ccc2ccccc2c1)c1ccc2c(=O)n3c(nc2c1)CCCCC3. The molecule has 1 unspecified atom stereocenters. The van der Waals surface area contributed by atoms with Crippen LogP contribution in [0.5, 0.6) is 0 Å². The summed E-state index contributed by atoms with van der Waals surface area (Å²) in [6.45, 7) is 0.658. The van der Waals surface area contributed by atoms with E-state index in [2.05, 4.69) is 10.3 Å². The summed E-state index contributed by atoms with van der Waals surface area (Å²) in [5, 5.41) is 14.7. The number of carboxylic acids is 1. The zero-order valence-electron chi connectivity index (χ0n) is 18.0. The maximum atomic E-state index is 13.0. The van der Waals surface area contributed by atoms with E-state index < -0.39 is 17.9 Å². The van der Waals surface area contributed by atoms with Crippen LogP contribution in [-0.2, 0) is 17.8 Å². The number of benzene rings is 3. The van der Waals surface area contributed by atoms with E-state index in [1.165, 1.54) is 0 Å². The van der Waals surface area contributed by atoms with Crippen molar-refractivity contribution in [2.24, 2.45) is 0 Å². The van der Waals surface area contributed by atoms with Gasteiger partial charge < -0.3 is 10.4 Å². The highest BCUT2D eigenvalue weighted by Crippen LogP contribution is 2.22. The average molecular weight is 441 g/mol. The van der Waals surface area contributed by atoms with Gasteiger partial charge in [0.1, 0.15) is 5.82 Å². The Kier molecular flexibility index (Phi) is 5.38. The summed E-state index contributed by atoms with van der Waals surface area (Å²) in [5.74, 6) is -0.947. The molecule has 3 aromatic carbocycles. The van der Waals surface area contributed by atoms with Gasteiger partial charge in [-0.15, -0.1) is 0 Å². The van der Waals surface area contributed by atoms with Gasteiger partial charge in [-0.25, -0.2) is 9.78 Å². The van der Waals surface area contributed by atoms with E-state index in [9.17, 15) is 19.5 Å². The summed E-state index contributed by atoms with van der Waals surface area (Å²) in [4.78, 5) is 42.5. The summed E-state index contributed by atoms with van der Waals surface area (Å²) in [6, 6.07) is 16.5. The number of hydrogen-bond donors (Lipinski definition) is 2. The molecule has 0 saturated heterocycles. The minimum atomic E-state index is -1.21. The number of hydrogen-bond acceptors (Lipinski definition) is 4. The van der Waals surface area contributed by atoms with Gasteiger partial charge in [0, 0.05) is 18.5 Å². The first kappa shape index (κ1) is 20.9. The minimum absolute atomic E-state index is 0.0940. The molecular formula is C26H23N3O4. The number of aliphatic carboxylic acids is 1. The molecule has 5 rings (SSSR count). The number of nitrogens with one attached hydrogen (secondary N) is 1. The van der Waals surface area contributed by atoms with Gasteiger partial charge in [0.05, 0.1) is 10.9 Å². The van der Waals surface area contributed by atoms with Crippen LogP contribution in [0, 0.1) is 0 Å². The molecule has 1 aromatic heterocycles. The van der Waals surface area contributed by atoms with Crippen LogP contribution in [0.15, 0.2) is 65.5 Å². The lowest BCUT2D eigenvalue weighted by Gasteiger charge is -2.16. The highest BCUT2D eigenvalue weighted by molar-refractivity contribution is 5.99. The summed E-state index contributed by atoms with van der Waals surface area (Å²) in [7, 11) is 0. The van der Waals surface area contributed by atoms with E-state index in [4.69, 9.17) is 0 Å². The summed E-state index contributed by atoms with van der Waals surface area (Å²) in [6.07, 6.45) is 3.71. The molecule has 0 fully saturated rings. The molecule has 0 bridgehead atoms. The zero-order chi connectivity index (χ0) is 22.9. The van der Waals surface area contributed by atoms with Crippen LogP contribution in [-0.4, -0.2) is 26.5 Å². The van der Waals surface area contributed by atoms with Crippen molar-refractivity contribution in [1.29, 1.82) is 0 Å². The van der Waals surface area contributed by atoms with Gasteiger partial charge in [-0.1, -0.05) is 42.8 Å². The number of aromatic nitrogens is 2. The van der Waals surface area contributed by atoms with Crippen molar-refractivity contribution >= 4 is 33.6 Å². The second-order valence-electron chi connectivity index (χ2n) is 8.38. The van der Waals surface area contributed by atoms with Gasteiger partial charge in [0.15, 0.2) is 6.04 Å². The number of carbonyl (C=O) groups is 2. The Hall–Kier alpha value is -4.00. The largest absolute Gasteiger partial charge is 0.479 e. The lowest BCUT2D eigenvalue weighted by molar-refractivity contribution is -0.139. The van der Waals surface area contributed by atoms with Crippen molar-refractivity contribution in [3.05, 3.63) is 88.0 Å². The van der Waals surface area contributed by atoms with Gasteiger partial charge in [-0.05, 0) is 53.4 Å².